The van der Waals surface area contributed by atoms with Gasteiger partial charge in [-0.15, -0.1) is 0 Å². The zero-order valence-corrected chi connectivity index (χ0v) is 13.4. The average molecular weight is 369 g/mol. The predicted molar refractivity (Wildman–Crippen MR) is 82.3 cm³/mol. The summed E-state index contributed by atoms with van der Waals surface area (Å²) in [5, 5.41) is 4.15. The first-order valence-electron chi connectivity index (χ1n) is 6.17. The number of hydrogen-bond acceptors (Lipinski definition) is 3. The Labute approximate surface area is 126 Å². The summed E-state index contributed by atoms with van der Waals surface area (Å²) in [6.07, 6.45) is 1.79. The summed E-state index contributed by atoms with van der Waals surface area (Å²) in [4.78, 5) is 16.6. The Morgan fingerprint density at radius 3 is 2.84 bits per heavy atom. The van der Waals surface area contributed by atoms with E-state index in [9.17, 15) is 4.79 Å². The third-order valence-corrected chi connectivity index (χ3v) is 4.38. The molecule has 0 N–H and O–H groups in total. The lowest BCUT2D eigenvalue weighted by atomic mass is 10.1. The number of ketones is 1. The van der Waals surface area contributed by atoms with Gasteiger partial charge < -0.3 is 0 Å². The van der Waals surface area contributed by atoms with E-state index >= 15 is 0 Å². The van der Waals surface area contributed by atoms with E-state index in [-0.39, 0.29) is 18.2 Å². The van der Waals surface area contributed by atoms with Gasteiger partial charge in [0.25, 0.3) is 0 Å². The molecule has 0 amide bonds. The lowest BCUT2D eigenvalue weighted by Gasteiger charge is -2.10. The van der Waals surface area contributed by atoms with E-state index in [1.54, 1.807) is 4.68 Å². The number of Topliss-reactive ketones (excluding diaryl/α,β-unsaturated/α-hetero) is 1. The van der Waals surface area contributed by atoms with Crippen molar-refractivity contribution in [2.75, 3.05) is 0 Å². The van der Waals surface area contributed by atoms with Crippen molar-refractivity contribution < 1.29 is 4.79 Å². The van der Waals surface area contributed by atoms with Gasteiger partial charge in [-0.3, -0.25) is 4.79 Å². The van der Waals surface area contributed by atoms with Gasteiger partial charge in [0.05, 0.1) is 6.42 Å². The molecule has 0 aliphatic rings. The molecule has 2 aromatic rings. The van der Waals surface area contributed by atoms with Crippen LogP contribution in [-0.4, -0.2) is 20.5 Å². The van der Waals surface area contributed by atoms with Gasteiger partial charge in [-0.05, 0) is 48.9 Å². The summed E-state index contributed by atoms with van der Waals surface area (Å²) in [5.41, 5.74) is 1.88. The average Bonchev–Trinajstić information content (AvgIpc) is 2.80. The molecular formula is C14H16IN3O. The maximum atomic E-state index is 12.4. The molecule has 0 bridgehead atoms. The van der Waals surface area contributed by atoms with Crippen molar-refractivity contribution in [2.24, 2.45) is 0 Å². The Kier molecular flexibility index (Phi) is 4.34. The van der Waals surface area contributed by atoms with Gasteiger partial charge in [-0.1, -0.05) is 18.2 Å². The number of aromatic nitrogens is 3. The van der Waals surface area contributed by atoms with Crippen LogP contribution >= 0.6 is 22.6 Å². The molecule has 5 heteroatoms. The van der Waals surface area contributed by atoms with Crippen LogP contribution in [0.25, 0.3) is 0 Å². The van der Waals surface area contributed by atoms with Crippen molar-refractivity contribution >= 4 is 28.4 Å². The number of benzene rings is 1. The molecule has 1 aromatic carbocycles. The van der Waals surface area contributed by atoms with E-state index in [1.165, 1.54) is 6.33 Å². The quantitative estimate of drug-likeness (QED) is 0.614. The Morgan fingerprint density at radius 1 is 1.42 bits per heavy atom. The third-order valence-electron chi connectivity index (χ3n) is 2.95. The van der Waals surface area contributed by atoms with Crippen LogP contribution in [0.15, 0.2) is 24.5 Å². The van der Waals surface area contributed by atoms with Crippen molar-refractivity contribution in [1.29, 1.82) is 0 Å². The highest BCUT2D eigenvalue weighted by atomic mass is 127. The van der Waals surface area contributed by atoms with Crippen LogP contribution in [0, 0.1) is 10.5 Å². The lowest BCUT2D eigenvalue weighted by molar-refractivity contribution is 0.0988. The van der Waals surface area contributed by atoms with Crippen LogP contribution in [0.2, 0.25) is 0 Å². The highest BCUT2D eigenvalue weighted by Gasteiger charge is 2.16. The Morgan fingerprint density at radius 2 is 2.16 bits per heavy atom. The molecule has 0 atom stereocenters. The Balaban J connectivity index is 2.26. The van der Waals surface area contributed by atoms with Gasteiger partial charge in [0, 0.05) is 15.2 Å². The van der Waals surface area contributed by atoms with Crippen LogP contribution < -0.4 is 0 Å². The van der Waals surface area contributed by atoms with Gasteiger partial charge in [-0.2, -0.15) is 5.10 Å². The molecule has 2 rings (SSSR count). The van der Waals surface area contributed by atoms with Crippen LogP contribution in [0.5, 0.6) is 0 Å². The van der Waals surface area contributed by atoms with Crippen LogP contribution in [-0.2, 0) is 6.42 Å². The summed E-state index contributed by atoms with van der Waals surface area (Å²) in [6.45, 7) is 6.06. The number of rotatable bonds is 4. The molecule has 1 aromatic heterocycles. The summed E-state index contributed by atoms with van der Waals surface area (Å²) < 4.78 is 2.81. The van der Waals surface area contributed by atoms with E-state index < -0.39 is 0 Å². The Bertz CT molecular complexity index is 604. The van der Waals surface area contributed by atoms with Gasteiger partial charge in [0.15, 0.2) is 5.78 Å². The normalized spacial score (nSPS) is 11.0. The smallest absolute Gasteiger partial charge is 0.171 e. The molecule has 0 radical (unpaired) electrons. The molecule has 0 saturated heterocycles. The summed E-state index contributed by atoms with van der Waals surface area (Å²) in [6, 6.07) is 6.00. The third kappa shape index (κ3) is 3.02. The summed E-state index contributed by atoms with van der Waals surface area (Å²) in [7, 11) is 0. The zero-order chi connectivity index (χ0) is 14.0. The minimum atomic E-state index is 0.0861. The van der Waals surface area contributed by atoms with E-state index in [1.807, 2.05) is 39.0 Å². The van der Waals surface area contributed by atoms with Gasteiger partial charge in [-0.25, -0.2) is 9.67 Å². The summed E-state index contributed by atoms with van der Waals surface area (Å²) in [5.74, 6) is 0.806. The van der Waals surface area contributed by atoms with Gasteiger partial charge in [0.1, 0.15) is 12.2 Å². The van der Waals surface area contributed by atoms with E-state index in [0.717, 1.165) is 20.5 Å². The van der Waals surface area contributed by atoms with E-state index in [2.05, 4.69) is 32.7 Å². The van der Waals surface area contributed by atoms with Gasteiger partial charge >= 0.3 is 0 Å². The highest BCUT2D eigenvalue weighted by Crippen LogP contribution is 2.18. The zero-order valence-electron chi connectivity index (χ0n) is 11.2. The first-order chi connectivity index (χ1) is 9.00. The minimum Gasteiger partial charge on any atom is -0.294 e. The van der Waals surface area contributed by atoms with Crippen LogP contribution in [0.4, 0.5) is 0 Å². The summed E-state index contributed by atoms with van der Waals surface area (Å²) >= 11 is 2.22. The molecule has 0 unspecified atom stereocenters. The van der Waals surface area contributed by atoms with Crippen LogP contribution in [0.3, 0.4) is 0 Å². The maximum absolute atomic E-state index is 12.4. The fraction of sp³-hybridized carbons (Fsp3) is 0.357. The monoisotopic (exact) mass is 369 g/mol. The standard InChI is InChI=1S/C14H16IN3O/c1-9(2)18-13(16-8-17-18)7-12(19)11-6-4-5-10(3)14(11)15/h4-6,8-9H,7H2,1-3H3. The number of hydrogen-bond donors (Lipinski definition) is 0. The second-order valence-electron chi connectivity index (χ2n) is 4.75. The van der Waals surface area contributed by atoms with Crippen LogP contribution in [0.1, 0.15) is 41.6 Å². The number of carbonyl (C=O) groups is 1. The fourth-order valence-electron chi connectivity index (χ4n) is 1.93. The maximum Gasteiger partial charge on any atom is 0.171 e. The molecule has 0 fully saturated rings. The number of aryl methyl sites for hydroxylation is 1. The fourth-order valence-corrected chi connectivity index (χ4v) is 2.59. The predicted octanol–water partition coefficient (Wildman–Crippen LogP) is 3.20. The molecule has 0 saturated carbocycles. The number of halogens is 1. The molecule has 0 aliphatic heterocycles. The molecular weight excluding hydrogens is 353 g/mol. The van der Waals surface area contributed by atoms with E-state index in [0.29, 0.717) is 0 Å². The molecule has 0 aliphatic carbocycles. The first kappa shape index (κ1) is 14.2. The topological polar surface area (TPSA) is 47.8 Å². The largest absolute Gasteiger partial charge is 0.294 e. The molecule has 1 heterocycles. The molecule has 100 valence electrons. The SMILES string of the molecule is Cc1cccc(C(=O)Cc2ncnn2C(C)C)c1I. The molecule has 0 spiro atoms. The molecule has 4 nitrogen and oxygen atoms in total. The number of nitrogens with zero attached hydrogens (tertiary/aromatic N) is 3. The molecule has 19 heavy (non-hydrogen) atoms. The highest BCUT2D eigenvalue weighted by molar-refractivity contribution is 14.1. The van der Waals surface area contributed by atoms with Crippen molar-refractivity contribution in [3.8, 4) is 0 Å². The van der Waals surface area contributed by atoms with E-state index in [4.69, 9.17) is 0 Å². The van der Waals surface area contributed by atoms with Crippen molar-refractivity contribution in [3.63, 3.8) is 0 Å². The first-order valence-corrected chi connectivity index (χ1v) is 7.25. The minimum absolute atomic E-state index is 0.0861. The Hall–Kier alpha value is -1.24. The lowest BCUT2D eigenvalue weighted by Crippen LogP contribution is -2.14. The second-order valence-corrected chi connectivity index (χ2v) is 5.83. The second kappa shape index (κ2) is 5.81. The van der Waals surface area contributed by atoms with Crippen molar-refractivity contribution in [1.82, 2.24) is 14.8 Å². The van der Waals surface area contributed by atoms with Crippen molar-refractivity contribution in [3.05, 3.63) is 45.0 Å². The van der Waals surface area contributed by atoms with Gasteiger partial charge in [0.2, 0.25) is 0 Å². The van der Waals surface area contributed by atoms with Crippen molar-refractivity contribution in [2.45, 2.75) is 33.2 Å². The number of carbonyl (C=O) groups excluding carboxylic acids is 1.